The average molecular weight is 436 g/mol. The number of hydrogen-bond acceptors (Lipinski definition) is 8. The van der Waals surface area contributed by atoms with Crippen molar-refractivity contribution >= 4 is 5.97 Å². The van der Waals surface area contributed by atoms with E-state index in [1.54, 1.807) is 33.4 Å². The lowest BCUT2D eigenvalue weighted by Crippen LogP contribution is -2.13. The molecule has 3 aromatic heterocycles. The van der Waals surface area contributed by atoms with E-state index in [1.165, 1.54) is 12.3 Å². The number of carbonyl (C=O) groups is 1. The van der Waals surface area contributed by atoms with Gasteiger partial charge in [0.1, 0.15) is 11.6 Å². The Hall–Kier alpha value is -3.75. The van der Waals surface area contributed by atoms with Crippen molar-refractivity contribution in [2.75, 3.05) is 20.3 Å². The summed E-state index contributed by atoms with van der Waals surface area (Å²) in [4.78, 5) is 40.0. The van der Waals surface area contributed by atoms with Crippen molar-refractivity contribution in [3.8, 4) is 22.8 Å². The van der Waals surface area contributed by atoms with Gasteiger partial charge in [0.25, 0.3) is 0 Å². The van der Waals surface area contributed by atoms with Crippen LogP contribution in [0, 0.1) is 12.8 Å². The topological polar surface area (TPSA) is 116 Å². The van der Waals surface area contributed by atoms with Crippen molar-refractivity contribution < 1.29 is 19.0 Å². The van der Waals surface area contributed by atoms with Gasteiger partial charge < -0.3 is 19.2 Å². The van der Waals surface area contributed by atoms with Crippen LogP contribution < -0.4 is 15.0 Å². The molecule has 0 aromatic carbocycles. The molecule has 2 atom stereocenters. The van der Waals surface area contributed by atoms with Crippen LogP contribution in [0.15, 0.2) is 41.6 Å². The Morgan fingerprint density at radius 1 is 1.22 bits per heavy atom. The SMILES string of the molecule is CCOC(=O)c1c[nH]c(=O)cc1-c1cnc(C)nc1OCC1C[C@H]1c1ccc(OC)cn1. The summed E-state index contributed by atoms with van der Waals surface area (Å²) in [6.45, 7) is 4.12. The monoisotopic (exact) mass is 436 g/mol. The van der Waals surface area contributed by atoms with Crippen LogP contribution in [-0.2, 0) is 4.74 Å². The van der Waals surface area contributed by atoms with Crippen LogP contribution >= 0.6 is 0 Å². The third-order valence-electron chi connectivity index (χ3n) is 5.32. The molecular weight excluding hydrogens is 412 g/mol. The lowest BCUT2D eigenvalue weighted by atomic mass is 10.0. The molecule has 1 aliphatic rings. The van der Waals surface area contributed by atoms with Gasteiger partial charge in [-0.05, 0) is 32.4 Å². The van der Waals surface area contributed by atoms with Crippen LogP contribution in [0.3, 0.4) is 0 Å². The van der Waals surface area contributed by atoms with Gasteiger partial charge in [-0.1, -0.05) is 0 Å². The number of H-pyrrole nitrogens is 1. The summed E-state index contributed by atoms with van der Waals surface area (Å²) in [7, 11) is 1.61. The van der Waals surface area contributed by atoms with E-state index in [0.717, 1.165) is 17.9 Å². The van der Waals surface area contributed by atoms with Crippen molar-refractivity contribution in [1.82, 2.24) is 19.9 Å². The first kappa shape index (κ1) is 21.5. The summed E-state index contributed by atoms with van der Waals surface area (Å²) < 4.78 is 16.3. The Balaban J connectivity index is 1.56. The first-order chi connectivity index (χ1) is 15.5. The number of carbonyl (C=O) groups excluding carboxylic acids is 1. The van der Waals surface area contributed by atoms with Gasteiger partial charge >= 0.3 is 5.97 Å². The van der Waals surface area contributed by atoms with Crippen molar-refractivity contribution in [1.29, 1.82) is 0 Å². The number of esters is 1. The zero-order chi connectivity index (χ0) is 22.7. The molecule has 1 aliphatic carbocycles. The van der Waals surface area contributed by atoms with Crippen LogP contribution in [0.25, 0.3) is 11.1 Å². The highest BCUT2D eigenvalue weighted by molar-refractivity contribution is 5.97. The number of nitrogens with one attached hydrogen (secondary N) is 1. The minimum atomic E-state index is -0.543. The standard InChI is InChI=1S/C23H24N4O5/c1-4-31-23(29)19-11-26-21(28)8-17(19)18-10-24-13(2)27-22(18)32-12-14-7-16(14)20-6-5-15(30-3)9-25-20/h5-6,8-11,14,16H,4,7,12H2,1-3H3,(H,26,28)/t14?,16-/m1/s1. The van der Waals surface area contributed by atoms with Gasteiger partial charge in [0, 0.05) is 41.6 Å². The van der Waals surface area contributed by atoms with E-state index in [9.17, 15) is 9.59 Å². The molecule has 9 nitrogen and oxygen atoms in total. The van der Waals surface area contributed by atoms with Crippen LogP contribution in [-0.4, -0.2) is 46.2 Å². The number of aromatic amines is 1. The molecule has 3 heterocycles. The number of aromatic nitrogens is 4. The van der Waals surface area contributed by atoms with E-state index in [1.807, 2.05) is 12.1 Å². The largest absolute Gasteiger partial charge is 0.495 e. The fraction of sp³-hybridized carbons (Fsp3) is 0.348. The number of nitrogens with zero attached hydrogens (tertiary/aromatic N) is 3. The number of pyridine rings is 2. The van der Waals surface area contributed by atoms with E-state index in [4.69, 9.17) is 14.2 Å². The van der Waals surface area contributed by atoms with Gasteiger partial charge in [-0.15, -0.1) is 0 Å². The van der Waals surface area contributed by atoms with Gasteiger partial charge in [-0.25, -0.2) is 9.78 Å². The third-order valence-corrected chi connectivity index (χ3v) is 5.32. The highest BCUT2D eigenvalue weighted by Gasteiger charge is 2.40. The molecule has 32 heavy (non-hydrogen) atoms. The number of methoxy groups -OCH3 is 1. The fourth-order valence-corrected chi connectivity index (χ4v) is 3.53. The minimum absolute atomic E-state index is 0.216. The highest BCUT2D eigenvalue weighted by atomic mass is 16.5. The Labute approximate surface area is 184 Å². The Morgan fingerprint density at radius 2 is 2.06 bits per heavy atom. The van der Waals surface area contributed by atoms with Gasteiger partial charge in [-0.3, -0.25) is 9.78 Å². The fourth-order valence-electron chi connectivity index (χ4n) is 3.53. The Morgan fingerprint density at radius 3 is 2.78 bits per heavy atom. The molecule has 1 fully saturated rings. The van der Waals surface area contributed by atoms with Crippen LogP contribution in [0.4, 0.5) is 0 Å². The van der Waals surface area contributed by atoms with E-state index in [-0.39, 0.29) is 17.7 Å². The summed E-state index contributed by atoms with van der Waals surface area (Å²) in [5.74, 6) is 1.62. The van der Waals surface area contributed by atoms with Crippen LogP contribution in [0.1, 0.15) is 41.1 Å². The molecule has 3 aromatic rings. The molecule has 0 saturated heterocycles. The zero-order valence-electron chi connectivity index (χ0n) is 18.1. The lowest BCUT2D eigenvalue weighted by molar-refractivity contribution is 0.0526. The highest BCUT2D eigenvalue weighted by Crippen LogP contribution is 2.47. The second-order valence-electron chi connectivity index (χ2n) is 7.52. The molecule has 0 spiro atoms. The van der Waals surface area contributed by atoms with Crippen molar-refractivity contribution in [2.45, 2.75) is 26.2 Å². The number of hydrogen-bond donors (Lipinski definition) is 1. The molecule has 1 unspecified atom stereocenters. The molecule has 166 valence electrons. The van der Waals surface area contributed by atoms with E-state index < -0.39 is 5.97 Å². The van der Waals surface area contributed by atoms with Gasteiger partial charge in [0.2, 0.25) is 11.4 Å². The number of rotatable bonds is 8. The maximum Gasteiger partial charge on any atom is 0.340 e. The maximum absolute atomic E-state index is 12.4. The second kappa shape index (κ2) is 9.17. The summed E-state index contributed by atoms with van der Waals surface area (Å²) in [5, 5.41) is 0. The van der Waals surface area contributed by atoms with Gasteiger partial charge in [0.15, 0.2) is 0 Å². The second-order valence-corrected chi connectivity index (χ2v) is 7.52. The van der Waals surface area contributed by atoms with E-state index in [0.29, 0.717) is 41.3 Å². The molecule has 0 amide bonds. The Bertz CT molecular complexity index is 1180. The van der Waals surface area contributed by atoms with E-state index in [2.05, 4.69) is 19.9 Å². The van der Waals surface area contributed by atoms with Gasteiger partial charge in [0.05, 0.1) is 37.6 Å². The van der Waals surface area contributed by atoms with Crippen LogP contribution in [0.2, 0.25) is 0 Å². The summed E-state index contributed by atoms with van der Waals surface area (Å²) in [6, 6.07) is 5.19. The molecule has 0 bridgehead atoms. The van der Waals surface area contributed by atoms with Crippen molar-refractivity contribution in [3.05, 3.63) is 64.2 Å². The predicted molar refractivity (Wildman–Crippen MR) is 116 cm³/mol. The normalized spacial score (nSPS) is 17.0. The molecule has 0 radical (unpaired) electrons. The van der Waals surface area contributed by atoms with Crippen LogP contribution in [0.5, 0.6) is 11.6 Å². The third kappa shape index (κ3) is 4.61. The molecule has 4 rings (SSSR count). The van der Waals surface area contributed by atoms with Crippen molar-refractivity contribution in [2.24, 2.45) is 5.92 Å². The summed E-state index contributed by atoms with van der Waals surface area (Å²) in [5.41, 5.74) is 1.69. The van der Waals surface area contributed by atoms with Crippen molar-refractivity contribution in [3.63, 3.8) is 0 Å². The smallest absolute Gasteiger partial charge is 0.340 e. The molecule has 1 N–H and O–H groups in total. The molecular formula is C23H24N4O5. The van der Waals surface area contributed by atoms with E-state index >= 15 is 0 Å². The molecule has 1 saturated carbocycles. The first-order valence-corrected chi connectivity index (χ1v) is 10.4. The molecule has 0 aliphatic heterocycles. The quantitative estimate of drug-likeness (QED) is 0.536. The zero-order valence-corrected chi connectivity index (χ0v) is 18.1. The van der Waals surface area contributed by atoms with Gasteiger partial charge in [-0.2, -0.15) is 4.98 Å². The minimum Gasteiger partial charge on any atom is -0.495 e. The number of aryl methyl sites for hydroxylation is 1. The number of ether oxygens (including phenoxy) is 3. The lowest BCUT2D eigenvalue weighted by Gasteiger charge is -2.13. The summed E-state index contributed by atoms with van der Waals surface area (Å²) in [6.07, 6.45) is 5.56. The summed E-state index contributed by atoms with van der Waals surface area (Å²) >= 11 is 0. The predicted octanol–water partition coefficient (Wildman–Crippen LogP) is 2.90. The first-order valence-electron chi connectivity index (χ1n) is 10.4. The molecule has 9 heteroatoms. The Kier molecular flexibility index (Phi) is 6.16. The maximum atomic E-state index is 12.4. The average Bonchev–Trinajstić information content (AvgIpc) is 3.57.